The van der Waals surface area contributed by atoms with Crippen molar-refractivity contribution in [2.45, 2.75) is 32.7 Å². The smallest absolute Gasteiger partial charge is 0.0876 e. The third kappa shape index (κ3) is 3.06. The minimum absolute atomic E-state index is 0.170. The van der Waals surface area contributed by atoms with E-state index < -0.39 is 0 Å². The summed E-state index contributed by atoms with van der Waals surface area (Å²) in [5, 5.41) is 4.32. The molecule has 0 fully saturated rings. The van der Waals surface area contributed by atoms with E-state index in [2.05, 4.69) is 31.3 Å². The molecule has 2 nitrogen and oxygen atoms in total. The lowest BCUT2D eigenvalue weighted by molar-refractivity contribution is 0.219. The molecule has 0 saturated heterocycles. The molecule has 0 spiro atoms. The summed E-state index contributed by atoms with van der Waals surface area (Å²) in [6, 6.07) is 6.41. The maximum absolute atomic E-state index is 6.37. The number of benzene rings is 1. The van der Waals surface area contributed by atoms with Crippen LogP contribution in [0.3, 0.4) is 0 Å². The number of aryl methyl sites for hydroxylation is 1. The first-order valence-corrected chi connectivity index (χ1v) is 6.90. The van der Waals surface area contributed by atoms with Crippen LogP contribution >= 0.6 is 11.6 Å². The standard InChI is InChI=1S/C15H20ClNO/c1-3-17-15(12-5-4-8-18-10-12)13-7-6-11(2)9-14(13)16/h6-7,9-10,15,17H,3-5,8H2,1-2H3. The van der Waals surface area contributed by atoms with Gasteiger partial charge >= 0.3 is 0 Å². The minimum atomic E-state index is 0.170. The normalized spacial score (nSPS) is 16.9. The minimum Gasteiger partial charge on any atom is -0.501 e. The summed E-state index contributed by atoms with van der Waals surface area (Å²) in [4.78, 5) is 0. The largest absolute Gasteiger partial charge is 0.501 e. The van der Waals surface area contributed by atoms with Crippen molar-refractivity contribution in [2.75, 3.05) is 13.2 Å². The molecule has 1 atom stereocenters. The second-order valence-corrected chi connectivity index (χ2v) is 5.09. The molecule has 2 rings (SSSR count). The van der Waals surface area contributed by atoms with E-state index in [1.54, 1.807) is 0 Å². The van der Waals surface area contributed by atoms with Crippen LogP contribution in [0.15, 0.2) is 30.0 Å². The molecule has 1 aliphatic heterocycles. The van der Waals surface area contributed by atoms with Crippen LogP contribution in [0.25, 0.3) is 0 Å². The summed E-state index contributed by atoms with van der Waals surface area (Å²) >= 11 is 6.37. The number of hydrogen-bond donors (Lipinski definition) is 1. The van der Waals surface area contributed by atoms with Crippen molar-refractivity contribution in [3.63, 3.8) is 0 Å². The Balaban J connectivity index is 2.31. The predicted molar refractivity (Wildman–Crippen MR) is 75.9 cm³/mol. The lowest BCUT2D eigenvalue weighted by Gasteiger charge is -2.25. The van der Waals surface area contributed by atoms with Crippen molar-refractivity contribution in [1.82, 2.24) is 5.32 Å². The molecule has 1 unspecified atom stereocenters. The number of nitrogens with one attached hydrogen (secondary N) is 1. The first-order chi connectivity index (χ1) is 8.72. The van der Waals surface area contributed by atoms with Gasteiger partial charge < -0.3 is 10.1 Å². The summed E-state index contributed by atoms with van der Waals surface area (Å²) < 4.78 is 5.45. The first-order valence-electron chi connectivity index (χ1n) is 6.52. The van der Waals surface area contributed by atoms with Gasteiger partial charge in [-0.2, -0.15) is 0 Å². The summed E-state index contributed by atoms with van der Waals surface area (Å²) in [5.41, 5.74) is 3.61. The van der Waals surface area contributed by atoms with Crippen LogP contribution in [-0.4, -0.2) is 13.2 Å². The Morgan fingerprint density at radius 3 is 2.89 bits per heavy atom. The molecule has 1 aliphatic rings. The average Bonchev–Trinajstić information content (AvgIpc) is 2.38. The van der Waals surface area contributed by atoms with E-state index in [1.165, 1.54) is 11.1 Å². The number of rotatable bonds is 4. The lowest BCUT2D eigenvalue weighted by Crippen LogP contribution is -2.24. The van der Waals surface area contributed by atoms with Crippen LogP contribution in [0.2, 0.25) is 5.02 Å². The zero-order valence-electron chi connectivity index (χ0n) is 11.0. The molecule has 0 radical (unpaired) electrons. The van der Waals surface area contributed by atoms with Gasteiger partial charge in [-0.15, -0.1) is 0 Å². The highest BCUT2D eigenvalue weighted by Gasteiger charge is 2.20. The maximum Gasteiger partial charge on any atom is 0.0876 e. The second-order valence-electron chi connectivity index (χ2n) is 4.68. The Kier molecular flexibility index (Phi) is 4.67. The number of ether oxygens (including phenoxy) is 1. The van der Waals surface area contributed by atoms with Gasteiger partial charge in [0.05, 0.1) is 18.9 Å². The third-order valence-electron chi connectivity index (χ3n) is 3.21. The Morgan fingerprint density at radius 2 is 2.28 bits per heavy atom. The van der Waals surface area contributed by atoms with E-state index >= 15 is 0 Å². The number of likely N-dealkylation sites (N-methyl/N-ethyl adjacent to an activating group) is 1. The molecule has 18 heavy (non-hydrogen) atoms. The highest BCUT2D eigenvalue weighted by Crippen LogP contribution is 2.32. The van der Waals surface area contributed by atoms with Crippen LogP contribution in [-0.2, 0) is 4.74 Å². The van der Waals surface area contributed by atoms with Crippen LogP contribution in [0.1, 0.15) is 36.9 Å². The summed E-state index contributed by atoms with van der Waals surface area (Å²) in [6.07, 6.45) is 4.05. The molecular formula is C15H20ClNO. The maximum atomic E-state index is 6.37. The number of halogens is 1. The highest BCUT2D eigenvalue weighted by atomic mass is 35.5. The SMILES string of the molecule is CCNC(C1=COCCC1)c1ccc(C)cc1Cl. The molecule has 0 aliphatic carbocycles. The van der Waals surface area contributed by atoms with Gasteiger partial charge in [0.2, 0.25) is 0 Å². The van der Waals surface area contributed by atoms with Crippen molar-refractivity contribution in [1.29, 1.82) is 0 Å². The molecule has 3 heteroatoms. The van der Waals surface area contributed by atoms with E-state index in [0.29, 0.717) is 0 Å². The summed E-state index contributed by atoms with van der Waals surface area (Å²) in [6.45, 7) is 5.90. The molecule has 1 aromatic carbocycles. The summed E-state index contributed by atoms with van der Waals surface area (Å²) in [5.74, 6) is 0. The third-order valence-corrected chi connectivity index (χ3v) is 3.54. The fourth-order valence-corrected chi connectivity index (χ4v) is 2.65. The van der Waals surface area contributed by atoms with Gasteiger partial charge in [0.1, 0.15) is 0 Å². The zero-order valence-corrected chi connectivity index (χ0v) is 11.8. The van der Waals surface area contributed by atoms with E-state index in [1.807, 2.05) is 12.3 Å². The molecule has 0 bridgehead atoms. The molecule has 0 amide bonds. The Bertz CT molecular complexity index is 442. The van der Waals surface area contributed by atoms with Crippen molar-refractivity contribution in [3.05, 3.63) is 46.2 Å². The van der Waals surface area contributed by atoms with Crippen molar-refractivity contribution in [2.24, 2.45) is 0 Å². The van der Waals surface area contributed by atoms with Crippen molar-refractivity contribution in [3.8, 4) is 0 Å². The zero-order chi connectivity index (χ0) is 13.0. The second kappa shape index (κ2) is 6.26. The van der Waals surface area contributed by atoms with Gasteiger partial charge in [0.15, 0.2) is 0 Å². The van der Waals surface area contributed by atoms with Crippen molar-refractivity contribution < 1.29 is 4.74 Å². The lowest BCUT2D eigenvalue weighted by atomic mass is 9.94. The first kappa shape index (κ1) is 13.4. The predicted octanol–water partition coefficient (Wildman–Crippen LogP) is 3.99. The quantitative estimate of drug-likeness (QED) is 0.889. The highest BCUT2D eigenvalue weighted by molar-refractivity contribution is 6.31. The average molecular weight is 266 g/mol. The van der Waals surface area contributed by atoms with E-state index in [0.717, 1.165) is 36.6 Å². The van der Waals surface area contributed by atoms with Gasteiger partial charge in [-0.1, -0.05) is 30.7 Å². The molecule has 0 aromatic heterocycles. The Hall–Kier alpha value is -0.990. The molecule has 0 saturated carbocycles. The van der Waals surface area contributed by atoms with Gasteiger partial charge in [0, 0.05) is 5.02 Å². The van der Waals surface area contributed by atoms with Crippen LogP contribution < -0.4 is 5.32 Å². The monoisotopic (exact) mass is 265 g/mol. The number of hydrogen-bond acceptors (Lipinski definition) is 2. The van der Waals surface area contributed by atoms with Gasteiger partial charge in [-0.3, -0.25) is 0 Å². The van der Waals surface area contributed by atoms with Crippen LogP contribution in [0.4, 0.5) is 0 Å². The van der Waals surface area contributed by atoms with E-state index in [9.17, 15) is 0 Å². The fourth-order valence-electron chi connectivity index (χ4n) is 2.31. The topological polar surface area (TPSA) is 21.3 Å². The molecule has 1 heterocycles. The van der Waals surface area contributed by atoms with E-state index in [-0.39, 0.29) is 6.04 Å². The molecule has 1 N–H and O–H groups in total. The Labute approximate surface area is 114 Å². The molecule has 98 valence electrons. The molecule has 1 aromatic rings. The van der Waals surface area contributed by atoms with Gasteiger partial charge in [-0.05, 0) is 49.1 Å². The summed E-state index contributed by atoms with van der Waals surface area (Å²) in [7, 11) is 0. The Morgan fingerprint density at radius 1 is 1.44 bits per heavy atom. The van der Waals surface area contributed by atoms with Gasteiger partial charge in [-0.25, -0.2) is 0 Å². The van der Waals surface area contributed by atoms with Crippen LogP contribution in [0.5, 0.6) is 0 Å². The fraction of sp³-hybridized carbons (Fsp3) is 0.467. The van der Waals surface area contributed by atoms with Crippen LogP contribution in [0, 0.1) is 6.92 Å². The van der Waals surface area contributed by atoms with Gasteiger partial charge in [0.25, 0.3) is 0 Å². The van der Waals surface area contributed by atoms with E-state index in [4.69, 9.17) is 16.3 Å². The van der Waals surface area contributed by atoms with Crippen molar-refractivity contribution >= 4 is 11.6 Å². The molecular weight excluding hydrogens is 246 g/mol.